The number of carbonyl (C=O) groups is 1. The molecule has 0 unspecified atom stereocenters. The first-order chi connectivity index (χ1) is 12.0. The zero-order chi connectivity index (χ0) is 18.2. The second-order valence-electron chi connectivity index (χ2n) is 6.11. The van der Waals surface area contributed by atoms with Crippen LogP contribution in [0.25, 0.3) is 0 Å². The molecule has 0 saturated heterocycles. The minimum atomic E-state index is 0.0215. The molecule has 134 valence electrons. The summed E-state index contributed by atoms with van der Waals surface area (Å²) >= 11 is 1.64. The van der Waals surface area contributed by atoms with Crippen molar-refractivity contribution in [3.05, 3.63) is 54.1 Å². The summed E-state index contributed by atoms with van der Waals surface area (Å²) in [6.07, 6.45) is 2.01. The summed E-state index contributed by atoms with van der Waals surface area (Å²) < 4.78 is 0. The number of para-hydroxylation sites is 1. The van der Waals surface area contributed by atoms with Crippen LogP contribution in [0.2, 0.25) is 0 Å². The molecule has 4 nitrogen and oxygen atoms in total. The van der Waals surface area contributed by atoms with Crippen molar-refractivity contribution in [1.29, 1.82) is 0 Å². The van der Waals surface area contributed by atoms with E-state index in [9.17, 15) is 4.79 Å². The van der Waals surface area contributed by atoms with Gasteiger partial charge in [0, 0.05) is 31.2 Å². The third-order valence-electron chi connectivity index (χ3n) is 4.05. The van der Waals surface area contributed by atoms with Gasteiger partial charge in [-0.25, -0.2) is 0 Å². The lowest BCUT2D eigenvalue weighted by molar-refractivity contribution is -0.117. The number of amides is 1. The van der Waals surface area contributed by atoms with Crippen LogP contribution in [0.1, 0.15) is 12.5 Å². The van der Waals surface area contributed by atoms with Crippen molar-refractivity contribution >= 4 is 29.0 Å². The maximum atomic E-state index is 12.4. The average molecular weight is 358 g/mol. The number of likely N-dealkylation sites (N-methyl/N-ethyl adjacent to an activating group) is 1. The van der Waals surface area contributed by atoms with E-state index in [1.807, 2.05) is 44.6 Å². The zero-order valence-electron chi connectivity index (χ0n) is 15.5. The largest absolute Gasteiger partial charge is 0.378 e. The van der Waals surface area contributed by atoms with Crippen molar-refractivity contribution in [1.82, 2.24) is 4.90 Å². The molecule has 0 aliphatic rings. The molecule has 0 radical (unpaired) electrons. The molecule has 1 amide bonds. The summed E-state index contributed by atoms with van der Waals surface area (Å²) in [6.45, 7) is 4.06. The first-order valence-electron chi connectivity index (χ1n) is 8.45. The lowest BCUT2D eigenvalue weighted by Gasteiger charge is -2.21. The van der Waals surface area contributed by atoms with Crippen LogP contribution in [0.4, 0.5) is 11.4 Å². The Balaban J connectivity index is 1.95. The Morgan fingerprint density at radius 1 is 1.08 bits per heavy atom. The van der Waals surface area contributed by atoms with Crippen molar-refractivity contribution < 1.29 is 4.79 Å². The smallest absolute Gasteiger partial charge is 0.238 e. The van der Waals surface area contributed by atoms with Crippen molar-refractivity contribution in [3.8, 4) is 0 Å². The van der Waals surface area contributed by atoms with E-state index in [1.54, 1.807) is 11.8 Å². The molecule has 2 aromatic carbocycles. The van der Waals surface area contributed by atoms with E-state index in [4.69, 9.17) is 0 Å². The van der Waals surface area contributed by atoms with E-state index in [0.717, 1.165) is 23.7 Å². The van der Waals surface area contributed by atoms with Crippen LogP contribution in [0.15, 0.2) is 53.4 Å². The number of nitrogens with zero attached hydrogens (tertiary/aromatic N) is 2. The summed E-state index contributed by atoms with van der Waals surface area (Å²) in [4.78, 5) is 17.7. The summed E-state index contributed by atoms with van der Waals surface area (Å²) in [7, 11) is 4.06. The fourth-order valence-corrected chi connectivity index (χ4v) is 3.13. The number of hydrogen-bond donors (Lipinski definition) is 1. The van der Waals surface area contributed by atoms with Gasteiger partial charge in [0.25, 0.3) is 0 Å². The van der Waals surface area contributed by atoms with Crippen molar-refractivity contribution in [2.24, 2.45) is 0 Å². The number of carbonyl (C=O) groups excluding carboxylic acids is 1. The highest BCUT2D eigenvalue weighted by atomic mass is 32.2. The van der Waals surface area contributed by atoms with Crippen LogP contribution in [0.5, 0.6) is 0 Å². The minimum absolute atomic E-state index is 0.0215. The highest BCUT2D eigenvalue weighted by Crippen LogP contribution is 2.24. The summed E-state index contributed by atoms with van der Waals surface area (Å²) in [5, 5.41) is 3.03. The predicted molar refractivity (Wildman–Crippen MR) is 109 cm³/mol. The molecule has 0 aromatic heterocycles. The summed E-state index contributed by atoms with van der Waals surface area (Å²) in [5.41, 5.74) is 3.27. The van der Waals surface area contributed by atoms with Gasteiger partial charge < -0.3 is 10.2 Å². The van der Waals surface area contributed by atoms with Gasteiger partial charge in [-0.15, -0.1) is 11.8 Å². The third kappa shape index (κ3) is 5.80. The van der Waals surface area contributed by atoms with Gasteiger partial charge in [0.2, 0.25) is 5.91 Å². The lowest BCUT2D eigenvalue weighted by atomic mass is 10.2. The third-order valence-corrected chi connectivity index (χ3v) is 4.85. The van der Waals surface area contributed by atoms with Crippen LogP contribution in [0.3, 0.4) is 0 Å². The molecule has 0 aliphatic heterocycles. The molecule has 2 rings (SSSR count). The number of rotatable bonds is 8. The second kappa shape index (κ2) is 9.49. The predicted octanol–water partition coefficient (Wildman–Crippen LogP) is 3.94. The van der Waals surface area contributed by atoms with Crippen molar-refractivity contribution in [2.45, 2.75) is 18.4 Å². The maximum absolute atomic E-state index is 12.4. The van der Waals surface area contributed by atoms with Gasteiger partial charge in [-0.3, -0.25) is 9.69 Å². The topological polar surface area (TPSA) is 35.6 Å². The van der Waals surface area contributed by atoms with Gasteiger partial charge in [0.05, 0.1) is 12.2 Å². The normalized spacial score (nSPS) is 10.8. The molecule has 0 fully saturated rings. The highest BCUT2D eigenvalue weighted by Gasteiger charge is 2.11. The Morgan fingerprint density at radius 2 is 1.76 bits per heavy atom. The molecule has 0 spiro atoms. The molecule has 0 aliphatic carbocycles. The van der Waals surface area contributed by atoms with Crippen LogP contribution in [-0.4, -0.2) is 44.2 Å². The van der Waals surface area contributed by atoms with Crippen LogP contribution >= 0.6 is 11.8 Å². The van der Waals surface area contributed by atoms with E-state index in [-0.39, 0.29) is 5.91 Å². The highest BCUT2D eigenvalue weighted by molar-refractivity contribution is 7.98. The van der Waals surface area contributed by atoms with E-state index in [0.29, 0.717) is 6.54 Å². The van der Waals surface area contributed by atoms with Crippen molar-refractivity contribution in [2.75, 3.05) is 43.7 Å². The number of anilines is 2. The molecule has 5 heteroatoms. The fraction of sp³-hybridized carbons (Fsp3) is 0.350. The summed E-state index contributed by atoms with van der Waals surface area (Å²) in [6, 6.07) is 16.4. The lowest BCUT2D eigenvalue weighted by Crippen LogP contribution is -2.32. The molecule has 0 bridgehead atoms. The van der Waals surface area contributed by atoms with Crippen LogP contribution in [-0.2, 0) is 11.3 Å². The van der Waals surface area contributed by atoms with E-state index >= 15 is 0 Å². The van der Waals surface area contributed by atoms with Gasteiger partial charge in [0.15, 0.2) is 0 Å². The minimum Gasteiger partial charge on any atom is -0.378 e. The first-order valence-corrected chi connectivity index (χ1v) is 9.67. The average Bonchev–Trinajstić information content (AvgIpc) is 2.62. The Bertz CT molecular complexity index is 686. The zero-order valence-corrected chi connectivity index (χ0v) is 16.3. The molecular weight excluding hydrogens is 330 g/mol. The Labute approximate surface area is 155 Å². The van der Waals surface area contributed by atoms with Gasteiger partial charge in [-0.05, 0) is 42.6 Å². The fourth-order valence-electron chi connectivity index (χ4n) is 2.58. The van der Waals surface area contributed by atoms with E-state index in [2.05, 4.69) is 46.3 Å². The molecule has 0 saturated carbocycles. The first kappa shape index (κ1) is 19.3. The maximum Gasteiger partial charge on any atom is 0.238 e. The monoisotopic (exact) mass is 357 g/mol. The number of benzene rings is 2. The van der Waals surface area contributed by atoms with Crippen LogP contribution < -0.4 is 10.2 Å². The molecule has 0 heterocycles. The molecule has 25 heavy (non-hydrogen) atoms. The Kier molecular flexibility index (Phi) is 7.34. The van der Waals surface area contributed by atoms with E-state index < -0.39 is 0 Å². The van der Waals surface area contributed by atoms with Gasteiger partial charge in [0.1, 0.15) is 0 Å². The number of nitrogens with one attached hydrogen (secondary N) is 1. The van der Waals surface area contributed by atoms with Crippen LogP contribution in [0, 0.1) is 0 Å². The molecule has 0 atom stereocenters. The Morgan fingerprint density at radius 3 is 2.36 bits per heavy atom. The van der Waals surface area contributed by atoms with Gasteiger partial charge in [-0.2, -0.15) is 0 Å². The van der Waals surface area contributed by atoms with E-state index in [1.165, 1.54) is 11.3 Å². The number of hydrogen-bond acceptors (Lipinski definition) is 4. The van der Waals surface area contributed by atoms with Gasteiger partial charge in [-0.1, -0.05) is 31.2 Å². The molecule has 2 aromatic rings. The Hall–Kier alpha value is -1.98. The van der Waals surface area contributed by atoms with Gasteiger partial charge >= 0.3 is 0 Å². The van der Waals surface area contributed by atoms with Crippen molar-refractivity contribution in [3.63, 3.8) is 0 Å². The summed E-state index contributed by atoms with van der Waals surface area (Å²) in [5.74, 6) is 0.0215. The molecule has 1 N–H and O–H groups in total. The second-order valence-corrected chi connectivity index (χ2v) is 6.96. The standard InChI is InChI=1S/C20H27N3OS/c1-5-23(14-16-10-12-17(13-11-16)22(2)3)15-20(24)21-18-8-6-7-9-19(18)25-4/h6-13H,5,14-15H2,1-4H3,(H,21,24). The number of thioether (sulfide) groups is 1. The quantitative estimate of drug-likeness (QED) is 0.726. The SMILES string of the molecule is CCN(CC(=O)Nc1ccccc1SC)Cc1ccc(N(C)C)cc1. The molecular formula is C20H27N3OS.